The molecule has 27 nitrogen and oxygen atoms in total. The smallest absolute Gasteiger partial charge is 0.361 e. The third-order valence-electron chi connectivity index (χ3n) is 19.4. The van der Waals surface area contributed by atoms with Crippen LogP contribution in [0.15, 0.2) is 273 Å². The topological polar surface area (TPSA) is 360 Å². The third kappa shape index (κ3) is 28.9. The molecule has 4 N–H and O–H groups in total. The number of halogens is 16. The van der Waals surface area contributed by atoms with Gasteiger partial charge in [0.15, 0.2) is 37.4 Å². The summed E-state index contributed by atoms with van der Waals surface area (Å²) in [5.74, 6) is 0.149. The van der Waals surface area contributed by atoms with Crippen molar-refractivity contribution in [3.05, 3.63) is 297 Å². The van der Waals surface area contributed by atoms with Gasteiger partial charge in [0.1, 0.15) is 22.8 Å². The molecule has 1 unspecified atom stereocenters. The van der Waals surface area contributed by atoms with Crippen LogP contribution in [0.3, 0.4) is 0 Å². The molecule has 0 saturated carbocycles. The minimum Gasteiger partial charge on any atom is -0.361 e. The average Bonchev–Trinajstić information content (AvgIpc) is 0.299. The molecule has 0 spiro atoms. The number of rotatable bonds is 18. The SMILES string of the molecule is CN(C)c1cc(-c2ccnc(S(C)(=O)=O)n2)c(-c2cccc(C(F)(F)F)c2)nn1.CSc1nccc(-c2cc(=O)[nH]nc2-c2cccc(C(F)(F)F)c2)n1.CSc1nccc(-c2cc(Cl)nnc2-c2cccc(C(F)(F)F)c2)n1.CSc1nccc(-c2cc(N(C)C)nnc2-c2cccc(C(F)(F)F)c2)n1.CSc1nccc(C2CC(=O)NN=C2c2cccc(C(F)(F)F)c2)n1.C[C@H](N)c1ccccc1. The number of H-pyrrole nitrogens is 1. The quantitative estimate of drug-likeness (QED) is 0.0408. The van der Waals surface area contributed by atoms with Gasteiger partial charge < -0.3 is 15.5 Å². The predicted molar refractivity (Wildman–Crippen MR) is 505 cm³/mol. The number of carbonyl (C=O) groups is 1. The highest BCUT2D eigenvalue weighted by Crippen LogP contribution is 2.43. The molecule has 48 heteroatoms. The fourth-order valence-electron chi connectivity index (χ4n) is 12.7. The molecule has 0 saturated heterocycles. The van der Waals surface area contributed by atoms with Crippen molar-refractivity contribution >= 4 is 91.7 Å². The first-order valence-corrected chi connectivity index (χ1v) is 47.7. The first-order chi connectivity index (χ1) is 66.2. The maximum atomic E-state index is 13.1. The number of carbonyl (C=O) groups excluding carboxylic acids is 1. The molecule has 0 aliphatic carbocycles. The number of hydrazone groups is 1. The third-order valence-corrected chi connectivity index (χ3v) is 22.7. The van der Waals surface area contributed by atoms with Gasteiger partial charge in [-0.1, -0.05) is 150 Å². The zero-order chi connectivity index (χ0) is 102. The van der Waals surface area contributed by atoms with Gasteiger partial charge >= 0.3 is 30.9 Å². The van der Waals surface area contributed by atoms with Crippen molar-refractivity contribution in [2.75, 3.05) is 69.3 Å². The summed E-state index contributed by atoms with van der Waals surface area (Å²) in [4.78, 5) is 68.5. The Balaban J connectivity index is 0.000000164. The number of aromatic nitrogens is 18. The van der Waals surface area contributed by atoms with Gasteiger partial charge in [0.05, 0.1) is 67.9 Å². The highest BCUT2D eigenvalue weighted by molar-refractivity contribution is 7.99. The van der Waals surface area contributed by atoms with Crippen LogP contribution in [0.4, 0.5) is 77.5 Å². The van der Waals surface area contributed by atoms with Crippen LogP contribution in [0, 0.1) is 0 Å². The summed E-state index contributed by atoms with van der Waals surface area (Å²) in [6, 6.07) is 48.6. The van der Waals surface area contributed by atoms with E-state index in [1.54, 1.807) is 91.2 Å². The number of nitrogens with two attached hydrogens (primary N) is 1. The average molecular weight is 2050 g/mol. The van der Waals surface area contributed by atoms with Crippen LogP contribution in [0.5, 0.6) is 0 Å². The van der Waals surface area contributed by atoms with Crippen molar-refractivity contribution in [1.82, 2.24) is 96.1 Å². The molecular weight excluding hydrogens is 1970 g/mol. The number of sulfone groups is 1. The summed E-state index contributed by atoms with van der Waals surface area (Å²) in [5.41, 5.74) is 11.3. The van der Waals surface area contributed by atoms with Gasteiger partial charge in [-0.25, -0.2) is 68.8 Å². The van der Waals surface area contributed by atoms with Crippen molar-refractivity contribution in [3.8, 4) is 90.1 Å². The summed E-state index contributed by atoms with van der Waals surface area (Å²) >= 11 is 11.3. The van der Waals surface area contributed by atoms with Gasteiger partial charge in [0, 0.05) is 128 Å². The van der Waals surface area contributed by atoms with Crippen molar-refractivity contribution in [2.45, 2.75) is 82.0 Å². The zero-order valence-corrected chi connectivity index (χ0v) is 79.5. The molecule has 1 aliphatic rings. The molecule has 16 rings (SSSR count). The molecule has 1 amide bonds. The molecule has 0 radical (unpaired) electrons. The summed E-state index contributed by atoms with van der Waals surface area (Å²) < 4.78 is 219. The lowest BCUT2D eigenvalue weighted by Gasteiger charge is -2.23. The van der Waals surface area contributed by atoms with E-state index in [4.69, 9.17) is 17.3 Å². The van der Waals surface area contributed by atoms with E-state index in [9.17, 15) is 83.9 Å². The Morgan fingerprint density at radius 2 is 0.750 bits per heavy atom. The molecule has 0 fully saturated rings. The Labute approximate surface area is 811 Å². The van der Waals surface area contributed by atoms with Gasteiger partial charge in [0.2, 0.25) is 20.9 Å². The summed E-state index contributed by atoms with van der Waals surface area (Å²) in [5, 5.41) is 36.2. The fraction of sp³-hybridized carbons (Fsp3) is 0.196. The second-order valence-corrected chi connectivity index (χ2v) is 35.2. The Kier molecular flexibility index (Phi) is 35.6. The lowest BCUT2D eigenvalue weighted by molar-refractivity contribution is -0.138. The summed E-state index contributed by atoms with van der Waals surface area (Å²) in [6.45, 7) is 1.98. The van der Waals surface area contributed by atoms with Gasteiger partial charge in [-0.05, 0) is 152 Å². The highest BCUT2D eigenvalue weighted by atomic mass is 35.5. The molecule has 15 aromatic rings. The molecule has 0 bridgehead atoms. The van der Waals surface area contributed by atoms with Crippen molar-refractivity contribution in [2.24, 2.45) is 10.8 Å². The van der Waals surface area contributed by atoms with E-state index in [-0.39, 0.29) is 63.0 Å². The maximum Gasteiger partial charge on any atom is 0.416 e. The van der Waals surface area contributed by atoms with E-state index in [0.717, 1.165) is 66.9 Å². The van der Waals surface area contributed by atoms with Crippen LogP contribution in [-0.2, 0) is 45.5 Å². The van der Waals surface area contributed by atoms with E-state index < -0.39 is 85.2 Å². The van der Waals surface area contributed by atoms with Crippen LogP contribution in [0.25, 0.3) is 90.1 Å². The molecule has 726 valence electrons. The Morgan fingerprint density at radius 3 is 1.12 bits per heavy atom. The molecule has 140 heavy (non-hydrogen) atoms. The van der Waals surface area contributed by atoms with E-state index in [2.05, 4.69) is 101 Å². The Morgan fingerprint density at radius 1 is 0.407 bits per heavy atom. The first-order valence-electron chi connectivity index (χ1n) is 40.5. The fourth-order valence-corrected chi connectivity index (χ4v) is 14.8. The molecule has 10 heterocycles. The van der Waals surface area contributed by atoms with Crippen LogP contribution >= 0.6 is 58.6 Å². The number of nitrogens with one attached hydrogen (secondary N) is 2. The summed E-state index contributed by atoms with van der Waals surface area (Å²) in [6.07, 6.45) is -6.50. The molecule has 6 aromatic carbocycles. The van der Waals surface area contributed by atoms with E-state index in [0.29, 0.717) is 99.8 Å². The van der Waals surface area contributed by atoms with Gasteiger partial charge in [0.25, 0.3) is 5.56 Å². The minimum atomic E-state index is -4.52. The predicted octanol–water partition coefficient (Wildman–Crippen LogP) is 21.1. The maximum absolute atomic E-state index is 13.1. The number of anilines is 2. The van der Waals surface area contributed by atoms with Crippen molar-refractivity contribution in [1.29, 1.82) is 0 Å². The first kappa shape index (κ1) is 107. The lowest BCUT2D eigenvalue weighted by atomic mass is 9.89. The van der Waals surface area contributed by atoms with Gasteiger partial charge in [-0.15, -0.1) is 30.6 Å². The van der Waals surface area contributed by atoms with E-state index >= 15 is 0 Å². The van der Waals surface area contributed by atoms with Crippen LogP contribution in [-0.4, -0.2) is 170 Å². The number of alkyl halides is 15. The standard InChI is InChI=1S/C18H16F3N5O2S.C18H16F3N5S.C16H10ClF3N4S.C16H13F3N4OS.C16H11F3N4OS.C8H11N/c1-26(2)15-10-13(14-7-8-22-17(23-14)29(3,27)28)16(25-24-15)11-5-4-6-12(9-11)18(19,20)21;1-26(2)15-10-13(14-7-8-22-17(23-14)27-3)16(25-24-15)11-5-4-6-12(9-11)18(19,20)21;1-25-15-21-6-5-12(22-15)11-8-13(17)23-24-14(11)9-3-2-4-10(7-9)16(18,19)20;2*1-25-15-20-6-5-12(21-15)11-8-13(24)22-23-14(11)9-3-2-4-10(7-9)16(17,18)19;1-7(9)8-5-3-2-4-6-8/h4-10H,1-3H3;4-10H,1-3H3;2-8H,1H3;2-7,11H,8H2,1H3,(H,22,24);2-8H,1H3,(H,22,24);2-7H,9H2,1H3/t;;;;;7-/m.....0/s1. The lowest BCUT2D eigenvalue weighted by Crippen LogP contribution is -2.32. The van der Waals surface area contributed by atoms with E-state index in [1.165, 1.54) is 138 Å². The van der Waals surface area contributed by atoms with Crippen LogP contribution < -0.4 is 26.5 Å². The number of thioether (sulfide) groups is 4. The number of benzene rings is 6. The van der Waals surface area contributed by atoms with Gasteiger partial charge in [-0.3, -0.25) is 9.59 Å². The number of hydrogen-bond acceptors (Lipinski definition) is 29. The Bertz CT molecular complexity index is 7100. The Hall–Kier alpha value is -13.9. The largest absolute Gasteiger partial charge is 0.416 e. The second-order valence-electron chi connectivity index (χ2n) is 29.8. The van der Waals surface area contributed by atoms with Gasteiger partial charge in [-0.2, -0.15) is 76.1 Å². The number of amides is 1. The zero-order valence-electron chi connectivity index (χ0n) is 74.6. The van der Waals surface area contributed by atoms with Crippen molar-refractivity contribution in [3.63, 3.8) is 0 Å². The molecule has 1 aliphatic heterocycles. The van der Waals surface area contributed by atoms with Crippen molar-refractivity contribution < 1.29 is 79.1 Å². The second kappa shape index (κ2) is 46.7. The number of hydrogen-bond donors (Lipinski definition) is 3. The van der Waals surface area contributed by atoms with Crippen LogP contribution in [0.1, 0.15) is 69.9 Å². The number of aromatic amines is 1. The molecule has 2 atom stereocenters. The van der Waals surface area contributed by atoms with Crippen LogP contribution in [0.2, 0.25) is 5.15 Å². The minimum absolute atomic E-state index is 0.0555. The highest BCUT2D eigenvalue weighted by Gasteiger charge is 2.37. The normalized spacial score (nSPS) is 12.9. The summed E-state index contributed by atoms with van der Waals surface area (Å²) in [7, 11) is 3.38. The number of nitrogens with zero attached hydrogens (tertiary/aromatic N) is 20. The molecular formula is C92H77ClF15N23O4S5. The van der Waals surface area contributed by atoms with E-state index in [1.807, 2.05) is 70.1 Å². The molecule has 9 aromatic heterocycles. The monoisotopic (exact) mass is 2050 g/mol.